The normalized spacial score (nSPS) is 21.0. The maximum Gasteiger partial charge on any atom is 0.142 e. The standard InChI is InChI=1S/C16H18N4O2/c1-11-6-14(22-19-11)7-12-9-20(10-15(12)21-2)16-5-3-4-13(8-17)18-16/h3-6,12,15H,7,9-10H2,1-2H3/t12-,15+/m1/s1. The summed E-state index contributed by atoms with van der Waals surface area (Å²) in [6.07, 6.45) is 0.895. The number of rotatable bonds is 4. The van der Waals surface area contributed by atoms with Crippen LogP contribution in [-0.4, -0.2) is 36.4 Å². The van der Waals surface area contributed by atoms with E-state index in [-0.39, 0.29) is 6.10 Å². The van der Waals surface area contributed by atoms with Crippen molar-refractivity contribution in [2.45, 2.75) is 19.4 Å². The van der Waals surface area contributed by atoms with Crippen LogP contribution >= 0.6 is 0 Å². The maximum atomic E-state index is 8.98. The van der Waals surface area contributed by atoms with Crippen LogP contribution < -0.4 is 4.90 Å². The van der Waals surface area contributed by atoms with Gasteiger partial charge in [-0.2, -0.15) is 5.26 Å². The minimum Gasteiger partial charge on any atom is -0.379 e. The highest BCUT2D eigenvalue weighted by molar-refractivity contribution is 5.43. The maximum absolute atomic E-state index is 8.98. The molecule has 2 aromatic rings. The lowest BCUT2D eigenvalue weighted by Gasteiger charge is -2.16. The number of pyridine rings is 1. The second-order valence-corrected chi connectivity index (χ2v) is 5.57. The molecule has 1 aliphatic heterocycles. The van der Waals surface area contributed by atoms with Gasteiger partial charge in [-0.3, -0.25) is 0 Å². The zero-order valence-corrected chi connectivity index (χ0v) is 12.7. The average Bonchev–Trinajstić information content (AvgIpc) is 3.14. The van der Waals surface area contributed by atoms with E-state index in [0.717, 1.165) is 36.8 Å². The third kappa shape index (κ3) is 2.95. The minimum atomic E-state index is 0.109. The van der Waals surface area contributed by atoms with E-state index in [4.69, 9.17) is 14.5 Å². The van der Waals surface area contributed by atoms with Crippen LogP contribution in [0.5, 0.6) is 0 Å². The van der Waals surface area contributed by atoms with Crippen molar-refractivity contribution in [3.8, 4) is 6.07 Å². The van der Waals surface area contributed by atoms with E-state index < -0.39 is 0 Å². The number of nitrogens with zero attached hydrogens (tertiary/aromatic N) is 4. The zero-order valence-electron chi connectivity index (χ0n) is 12.7. The van der Waals surface area contributed by atoms with Crippen LogP contribution in [-0.2, 0) is 11.2 Å². The predicted octanol–water partition coefficient (Wildman–Crippen LogP) is 1.94. The lowest BCUT2D eigenvalue weighted by molar-refractivity contribution is 0.0813. The Morgan fingerprint density at radius 3 is 3.00 bits per heavy atom. The number of ether oxygens (including phenoxy) is 1. The van der Waals surface area contributed by atoms with E-state index in [0.29, 0.717) is 11.6 Å². The molecule has 0 spiro atoms. The van der Waals surface area contributed by atoms with Gasteiger partial charge in [-0.05, 0) is 19.1 Å². The first-order valence-electron chi connectivity index (χ1n) is 7.26. The first-order chi connectivity index (χ1) is 10.7. The van der Waals surface area contributed by atoms with Crippen molar-refractivity contribution in [3.63, 3.8) is 0 Å². The van der Waals surface area contributed by atoms with Gasteiger partial charge in [-0.15, -0.1) is 0 Å². The Morgan fingerprint density at radius 2 is 2.32 bits per heavy atom. The molecule has 0 saturated carbocycles. The number of hydrogen-bond donors (Lipinski definition) is 0. The molecule has 0 radical (unpaired) electrons. The molecule has 1 saturated heterocycles. The quantitative estimate of drug-likeness (QED) is 0.858. The van der Waals surface area contributed by atoms with Crippen LogP contribution in [0.25, 0.3) is 0 Å². The molecule has 2 atom stereocenters. The Labute approximate surface area is 129 Å². The number of methoxy groups -OCH3 is 1. The average molecular weight is 298 g/mol. The molecule has 3 heterocycles. The molecule has 3 rings (SSSR count). The Hall–Kier alpha value is -2.39. The van der Waals surface area contributed by atoms with Gasteiger partial charge in [-0.1, -0.05) is 11.2 Å². The summed E-state index contributed by atoms with van der Waals surface area (Å²) in [5, 5.41) is 12.9. The molecule has 0 amide bonds. The molecule has 22 heavy (non-hydrogen) atoms. The molecule has 1 fully saturated rings. The lowest BCUT2D eigenvalue weighted by atomic mass is 10.0. The molecule has 0 bridgehead atoms. The molecule has 6 nitrogen and oxygen atoms in total. The molecule has 0 N–H and O–H groups in total. The van der Waals surface area contributed by atoms with Crippen molar-refractivity contribution >= 4 is 5.82 Å². The number of anilines is 1. The van der Waals surface area contributed by atoms with E-state index in [2.05, 4.69) is 21.1 Å². The van der Waals surface area contributed by atoms with Gasteiger partial charge in [0.25, 0.3) is 0 Å². The van der Waals surface area contributed by atoms with Gasteiger partial charge < -0.3 is 14.2 Å². The van der Waals surface area contributed by atoms with E-state index >= 15 is 0 Å². The van der Waals surface area contributed by atoms with Crippen LogP contribution in [0.1, 0.15) is 17.1 Å². The van der Waals surface area contributed by atoms with Gasteiger partial charge in [0, 0.05) is 38.6 Å². The molecular weight excluding hydrogens is 280 g/mol. The van der Waals surface area contributed by atoms with Crippen LogP contribution in [0.4, 0.5) is 5.82 Å². The number of hydrogen-bond acceptors (Lipinski definition) is 6. The summed E-state index contributed by atoms with van der Waals surface area (Å²) in [6.45, 7) is 3.50. The first-order valence-corrected chi connectivity index (χ1v) is 7.26. The van der Waals surface area contributed by atoms with Crippen molar-refractivity contribution in [2.75, 3.05) is 25.1 Å². The minimum absolute atomic E-state index is 0.109. The highest BCUT2D eigenvalue weighted by atomic mass is 16.5. The first kappa shape index (κ1) is 14.5. The summed E-state index contributed by atoms with van der Waals surface area (Å²) in [5.74, 6) is 2.01. The highest BCUT2D eigenvalue weighted by Gasteiger charge is 2.34. The Morgan fingerprint density at radius 1 is 1.45 bits per heavy atom. The van der Waals surface area contributed by atoms with Gasteiger partial charge in [0.1, 0.15) is 23.3 Å². The summed E-state index contributed by atoms with van der Waals surface area (Å²) < 4.78 is 10.9. The summed E-state index contributed by atoms with van der Waals surface area (Å²) in [5.41, 5.74) is 1.32. The molecule has 0 unspecified atom stereocenters. The third-order valence-corrected chi connectivity index (χ3v) is 4.00. The smallest absolute Gasteiger partial charge is 0.142 e. The van der Waals surface area contributed by atoms with E-state index in [1.807, 2.05) is 25.1 Å². The summed E-state index contributed by atoms with van der Waals surface area (Å²) in [4.78, 5) is 6.52. The van der Waals surface area contributed by atoms with Gasteiger partial charge in [0.05, 0.1) is 11.8 Å². The van der Waals surface area contributed by atoms with E-state index in [9.17, 15) is 0 Å². The largest absolute Gasteiger partial charge is 0.379 e. The second kappa shape index (κ2) is 6.16. The second-order valence-electron chi connectivity index (χ2n) is 5.57. The van der Waals surface area contributed by atoms with Gasteiger partial charge in [-0.25, -0.2) is 4.98 Å². The third-order valence-electron chi connectivity index (χ3n) is 4.00. The van der Waals surface area contributed by atoms with Crippen molar-refractivity contribution in [3.05, 3.63) is 41.4 Å². The fourth-order valence-electron chi connectivity index (χ4n) is 2.92. The van der Waals surface area contributed by atoms with Crippen LogP contribution in [0.2, 0.25) is 0 Å². The Kier molecular flexibility index (Phi) is 4.07. The van der Waals surface area contributed by atoms with Gasteiger partial charge >= 0.3 is 0 Å². The monoisotopic (exact) mass is 298 g/mol. The summed E-state index contributed by atoms with van der Waals surface area (Å²) in [7, 11) is 1.73. The summed E-state index contributed by atoms with van der Waals surface area (Å²) >= 11 is 0. The summed E-state index contributed by atoms with van der Waals surface area (Å²) in [6, 6.07) is 9.53. The van der Waals surface area contributed by atoms with Crippen molar-refractivity contribution in [1.82, 2.24) is 10.1 Å². The Balaban J connectivity index is 1.75. The molecule has 0 aliphatic carbocycles. The molecule has 114 valence electrons. The van der Waals surface area contributed by atoms with Crippen LogP contribution in [0.3, 0.4) is 0 Å². The molecule has 2 aromatic heterocycles. The zero-order chi connectivity index (χ0) is 15.5. The van der Waals surface area contributed by atoms with E-state index in [1.54, 1.807) is 13.2 Å². The topological polar surface area (TPSA) is 75.2 Å². The molecule has 6 heteroatoms. The fourth-order valence-corrected chi connectivity index (χ4v) is 2.92. The Bertz CT molecular complexity index is 691. The molecule has 0 aromatic carbocycles. The van der Waals surface area contributed by atoms with Gasteiger partial charge in [0.15, 0.2) is 0 Å². The molecular formula is C16H18N4O2. The van der Waals surface area contributed by atoms with E-state index in [1.165, 1.54) is 0 Å². The predicted molar refractivity (Wildman–Crippen MR) is 80.4 cm³/mol. The number of aryl methyl sites for hydroxylation is 1. The highest BCUT2D eigenvalue weighted by Crippen LogP contribution is 2.27. The van der Waals surface area contributed by atoms with Gasteiger partial charge in [0.2, 0.25) is 0 Å². The van der Waals surface area contributed by atoms with Crippen molar-refractivity contribution in [1.29, 1.82) is 5.26 Å². The fraction of sp³-hybridized carbons (Fsp3) is 0.438. The molecule has 1 aliphatic rings. The number of nitriles is 1. The van der Waals surface area contributed by atoms with Crippen LogP contribution in [0, 0.1) is 24.2 Å². The lowest BCUT2D eigenvalue weighted by Crippen LogP contribution is -2.23. The SMILES string of the molecule is CO[C@H]1CN(c2cccc(C#N)n2)C[C@H]1Cc1cc(C)no1. The van der Waals surface area contributed by atoms with Crippen LogP contribution in [0.15, 0.2) is 28.8 Å². The van der Waals surface area contributed by atoms with Crippen molar-refractivity contribution in [2.24, 2.45) is 5.92 Å². The number of aromatic nitrogens is 2. The van der Waals surface area contributed by atoms with Crippen molar-refractivity contribution < 1.29 is 9.26 Å².